The summed E-state index contributed by atoms with van der Waals surface area (Å²) in [6, 6.07) is 9.28. The number of rotatable bonds is 11. The summed E-state index contributed by atoms with van der Waals surface area (Å²) >= 11 is 0. The molecule has 0 atom stereocenters. The van der Waals surface area contributed by atoms with Crippen molar-refractivity contribution in [3.63, 3.8) is 0 Å². The fourth-order valence-corrected chi connectivity index (χ4v) is 3.52. The number of benzene rings is 1. The van der Waals surface area contributed by atoms with Crippen LogP contribution in [0.5, 0.6) is 0 Å². The summed E-state index contributed by atoms with van der Waals surface area (Å²) in [4.78, 5) is 0. The minimum atomic E-state index is -1.05. The smallest absolute Gasteiger partial charge is 0.384 e. The molecule has 1 rings (SSSR count). The van der Waals surface area contributed by atoms with Crippen molar-refractivity contribution in [3.05, 3.63) is 36.4 Å². The molecule has 0 saturated carbocycles. The van der Waals surface area contributed by atoms with Crippen molar-refractivity contribution in [2.24, 2.45) is 0 Å². The van der Waals surface area contributed by atoms with E-state index in [9.17, 15) is 0 Å². The molecule has 0 fully saturated rings. The second kappa shape index (κ2) is 10.7. The van der Waals surface area contributed by atoms with Crippen molar-refractivity contribution in [1.29, 1.82) is 0 Å². The molecule has 3 nitrogen and oxygen atoms in total. The topological polar surface area (TPSA) is 30.5 Å². The van der Waals surface area contributed by atoms with Crippen LogP contribution in [0.25, 0.3) is 6.08 Å². The Balaban J connectivity index is 2.22. The van der Waals surface area contributed by atoms with Crippen LogP contribution >= 0.6 is 0 Å². The predicted octanol–water partition coefficient (Wildman–Crippen LogP) is 4.08. The fourth-order valence-electron chi connectivity index (χ4n) is 1.96. The SMILES string of the molecule is C=Cc1ccccc1NCCCC[Si](OCC)OCC. The van der Waals surface area contributed by atoms with Crippen LogP contribution in [0.1, 0.15) is 32.3 Å². The van der Waals surface area contributed by atoms with Crippen LogP contribution < -0.4 is 5.32 Å². The van der Waals surface area contributed by atoms with Gasteiger partial charge in [0, 0.05) is 25.4 Å². The molecule has 1 N–H and O–H groups in total. The summed E-state index contributed by atoms with van der Waals surface area (Å²) in [5.74, 6) is 0. The zero-order valence-electron chi connectivity index (χ0n) is 12.7. The summed E-state index contributed by atoms with van der Waals surface area (Å²) in [5, 5.41) is 3.46. The Kier molecular flexibility index (Phi) is 9.03. The quantitative estimate of drug-likeness (QED) is 0.492. The van der Waals surface area contributed by atoms with E-state index in [0.717, 1.165) is 49.9 Å². The fraction of sp³-hybridized carbons (Fsp3) is 0.500. The van der Waals surface area contributed by atoms with Crippen molar-refractivity contribution < 1.29 is 8.85 Å². The van der Waals surface area contributed by atoms with Gasteiger partial charge in [-0.3, -0.25) is 0 Å². The van der Waals surface area contributed by atoms with Gasteiger partial charge in [0.05, 0.1) is 0 Å². The van der Waals surface area contributed by atoms with Gasteiger partial charge < -0.3 is 14.2 Å². The van der Waals surface area contributed by atoms with Crippen molar-refractivity contribution in [1.82, 2.24) is 0 Å². The molecule has 0 aromatic heterocycles. The number of hydrogen-bond donors (Lipinski definition) is 1. The molecule has 0 spiro atoms. The number of hydrogen-bond acceptors (Lipinski definition) is 3. The van der Waals surface area contributed by atoms with E-state index in [2.05, 4.69) is 24.0 Å². The lowest BCUT2D eigenvalue weighted by molar-refractivity contribution is 0.212. The average molecular weight is 292 g/mol. The highest BCUT2D eigenvalue weighted by Gasteiger charge is 2.13. The second-order valence-corrected chi connectivity index (χ2v) is 6.23. The molecular weight excluding hydrogens is 266 g/mol. The van der Waals surface area contributed by atoms with Crippen LogP contribution in [0.3, 0.4) is 0 Å². The molecule has 0 bridgehead atoms. The van der Waals surface area contributed by atoms with Crippen LogP contribution in [-0.2, 0) is 8.85 Å². The summed E-state index contributed by atoms with van der Waals surface area (Å²) in [6.07, 6.45) is 4.14. The zero-order valence-corrected chi connectivity index (χ0v) is 13.7. The normalized spacial score (nSPS) is 10.8. The summed E-state index contributed by atoms with van der Waals surface area (Å²) in [5.41, 5.74) is 2.31. The van der Waals surface area contributed by atoms with Crippen LogP contribution in [-0.4, -0.2) is 29.0 Å². The van der Waals surface area contributed by atoms with Crippen molar-refractivity contribution in [2.75, 3.05) is 25.1 Å². The van der Waals surface area contributed by atoms with Gasteiger partial charge in [-0.15, -0.1) is 0 Å². The van der Waals surface area contributed by atoms with Gasteiger partial charge in [0.15, 0.2) is 0 Å². The molecule has 0 amide bonds. The van der Waals surface area contributed by atoms with Crippen molar-refractivity contribution >= 4 is 21.0 Å². The minimum absolute atomic E-state index is 0.749. The Bertz CT molecular complexity index is 378. The first-order chi connectivity index (χ1) is 9.81. The van der Waals surface area contributed by atoms with Crippen molar-refractivity contribution in [3.8, 4) is 0 Å². The summed E-state index contributed by atoms with van der Waals surface area (Å²) in [7, 11) is -1.05. The molecule has 20 heavy (non-hydrogen) atoms. The standard InChI is InChI=1S/C16H26NO2Si/c1-4-15-11-7-8-12-16(15)17-13-9-10-14-20(18-5-2)19-6-3/h4,7-8,11-12,17H,1,5-6,9-10,13-14H2,2-3H3. The lowest BCUT2D eigenvalue weighted by Gasteiger charge is -2.13. The lowest BCUT2D eigenvalue weighted by Crippen LogP contribution is -2.22. The predicted molar refractivity (Wildman–Crippen MR) is 88.1 cm³/mol. The van der Waals surface area contributed by atoms with E-state index in [-0.39, 0.29) is 0 Å². The first kappa shape index (κ1) is 16.9. The lowest BCUT2D eigenvalue weighted by atomic mass is 10.1. The molecule has 0 aliphatic heterocycles. The van der Waals surface area contributed by atoms with E-state index >= 15 is 0 Å². The highest BCUT2D eigenvalue weighted by molar-refractivity contribution is 6.44. The Morgan fingerprint density at radius 3 is 2.50 bits per heavy atom. The van der Waals surface area contributed by atoms with Gasteiger partial charge >= 0.3 is 9.28 Å². The Hall–Kier alpha value is -1.10. The van der Waals surface area contributed by atoms with Gasteiger partial charge in [0.1, 0.15) is 0 Å². The van der Waals surface area contributed by atoms with Crippen LogP contribution in [0, 0.1) is 0 Å². The molecular formula is C16H26NO2Si. The zero-order chi connectivity index (χ0) is 14.6. The first-order valence-electron chi connectivity index (χ1n) is 7.38. The number of unbranched alkanes of at least 4 members (excludes halogenated alkanes) is 1. The second-order valence-electron chi connectivity index (χ2n) is 4.41. The van der Waals surface area contributed by atoms with Gasteiger partial charge in [0.2, 0.25) is 0 Å². The molecule has 111 valence electrons. The minimum Gasteiger partial charge on any atom is -0.394 e. The third kappa shape index (κ3) is 6.37. The van der Waals surface area contributed by atoms with Gasteiger partial charge in [-0.25, -0.2) is 0 Å². The maximum atomic E-state index is 5.63. The van der Waals surface area contributed by atoms with E-state index < -0.39 is 9.28 Å². The van der Waals surface area contributed by atoms with E-state index in [1.165, 1.54) is 0 Å². The molecule has 1 aromatic carbocycles. The maximum Gasteiger partial charge on any atom is 0.384 e. The first-order valence-corrected chi connectivity index (χ1v) is 8.90. The molecule has 0 aliphatic carbocycles. The van der Waals surface area contributed by atoms with Crippen LogP contribution in [0.2, 0.25) is 6.04 Å². The Morgan fingerprint density at radius 1 is 1.15 bits per heavy atom. The molecule has 0 saturated heterocycles. The molecule has 0 unspecified atom stereocenters. The third-order valence-corrected chi connectivity index (χ3v) is 4.90. The number of nitrogens with one attached hydrogen (secondary N) is 1. The van der Waals surface area contributed by atoms with E-state index in [1.54, 1.807) is 0 Å². The average Bonchev–Trinajstić information content (AvgIpc) is 2.47. The van der Waals surface area contributed by atoms with E-state index in [0.29, 0.717) is 0 Å². The molecule has 1 aromatic rings. The highest BCUT2D eigenvalue weighted by atomic mass is 28.3. The molecule has 4 heteroatoms. The van der Waals surface area contributed by atoms with Gasteiger partial charge in [-0.2, -0.15) is 0 Å². The Labute approximate surface area is 124 Å². The molecule has 0 aliphatic rings. The molecule has 0 heterocycles. The van der Waals surface area contributed by atoms with E-state index in [4.69, 9.17) is 8.85 Å². The largest absolute Gasteiger partial charge is 0.394 e. The summed E-state index contributed by atoms with van der Waals surface area (Å²) in [6.45, 7) is 10.4. The van der Waals surface area contributed by atoms with Crippen LogP contribution in [0.4, 0.5) is 5.69 Å². The van der Waals surface area contributed by atoms with Gasteiger partial charge in [-0.05, 0) is 44.4 Å². The number of anilines is 1. The highest BCUT2D eigenvalue weighted by Crippen LogP contribution is 2.16. The molecule has 1 radical (unpaired) electrons. The summed E-state index contributed by atoms with van der Waals surface area (Å²) < 4.78 is 11.3. The van der Waals surface area contributed by atoms with Gasteiger partial charge in [0.25, 0.3) is 0 Å². The van der Waals surface area contributed by atoms with Crippen LogP contribution in [0.15, 0.2) is 30.8 Å². The Morgan fingerprint density at radius 2 is 1.85 bits per heavy atom. The third-order valence-electron chi connectivity index (χ3n) is 2.91. The van der Waals surface area contributed by atoms with Crippen molar-refractivity contribution in [2.45, 2.75) is 32.7 Å². The monoisotopic (exact) mass is 292 g/mol. The maximum absolute atomic E-state index is 5.63. The van der Waals surface area contributed by atoms with Gasteiger partial charge in [-0.1, -0.05) is 30.9 Å². The number of para-hydroxylation sites is 1. The van der Waals surface area contributed by atoms with E-state index in [1.807, 2.05) is 32.1 Å².